The molecule has 1 N–H and O–H groups in total. The minimum atomic E-state index is -0.172. The van der Waals surface area contributed by atoms with Gasteiger partial charge in [-0.3, -0.25) is 4.79 Å². The topological polar surface area (TPSA) is 47.6 Å². The van der Waals surface area contributed by atoms with Crippen molar-refractivity contribution in [2.45, 2.75) is 26.2 Å². The molecule has 1 amide bonds. The molecule has 0 bridgehead atoms. The number of hydrogen-bond donors (Lipinski definition) is 1. The predicted molar refractivity (Wildman–Crippen MR) is 121 cm³/mol. The first-order chi connectivity index (χ1) is 13.8. The van der Waals surface area contributed by atoms with Crippen LogP contribution in [-0.2, 0) is 10.2 Å². The van der Waals surface area contributed by atoms with Crippen LogP contribution >= 0.6 is 15.9 Å². The quantitative estimate of drug-likeness (QED) is 0.480. The Labute approximate surface area is 180 Å². The summed E-state index contributed by atoms with van der Waals surface area (Å²) in [5, 5.41) is 5.04. The molecule has 4 nitrogen and oxygen atoms in total. The largest absolute Gasteiger partial charge is 0.491 e. The van der Waals surface area contributed by atoms with Gasteiger partial charge in [0.15, 0.2) is 6.61 Å². The summed E-state index contributed by atoms with van der Waals surface area (Å²) in [4.78, 5) is 12.2. The average Bonchev–Trinajstić information content (AvgIpc) is 2.69. The Morgan fingerprint density at radius 2 is 1.72 bits per heavy atom. The van der Waals surface area contributed by atoms with Gasteiger partial charge in [0.25, 0.3) is 5.91 Å². The van der Waals surface area contributed by atoms with E-state index >= 15 is 0 Å². The first-order valence-electron chi connectivity index (χ1n) is 9.65. The van der Waals surface area contributed by atoms with Crippen molar-refractivity contribution in [1.29, 1.82) is 0 Å². The van der Waals surface area contributed by atoms with E-state index in [0.717, 1.165) is 32.3 Å². The lowest BCUT2D eigenvalue weighted by molar-refractivity contribution is -0.123. The van der Waals surface area contributed by atoms with E-state index in [-0.39, 0.29) is 17.9 Å². The van der Waals surface area contributed by atoms with Crippen molar-refractivity contribution in [3.05, 3.63) is 70.7 Å². The van der Waals surface area contributed by atoms with Crippen LogP contribution in [0.15, 0.2) is 65.1 Å². The molecule has 0 spiro atoms. The molecule has 0 radical (unpaired) electrons. The van der Waals surface area contributed by atoms with Gasteiger partial charge in [-0.15, -0.1) is 0 Å². The second-order valence-corrected chi connectivity index (χ2v) is 8.77. The number of amides is 1. The highest BCUT2D eigenvalue weighted by Gasteiger charge is 2.20. The lowest BCUT2D eigenvalue weighted by atomic mass is 9.86. The van der Waals surface area contributed by atoms with Crippen LogP contribution in [0.1, 0.15) is 26.3 Å². The van der Waals surface area contributed by atoms with Gasteiger partial charge in [0, 0.05) is 15.4 Å². The zero-order valence-electron chi connectivity index (χ0n) is 17.0. The predicted octanol–water partition coefficient (Wildman–Crippen LogP) is 5.47. The van der Waals surface area contributed by atoms with Crippen LogP contribution in [0.5, 0.6) is 11.5 Å². The molecule has 0 saturated carbocycles. The van der Waals surface area contributed by atoms with Crippen molar-refractivity contribution >= 4 is 32.6 Å². The standard InChI is InChI=1S/C24H26BrNO3/c1-24(2,3)20-15-18(25)11-12-22(20)29-16-23(27)26-13-14-28-21-10-6-8-17-7-4-5-9-19(17)21/h4-12,15H,13-14,16H2,1-3H3,(H,26,27). The first kappa shape index (κ1) is 21.2. The number of ether oxygens (including phenoxy) is 2. The molecule has 152 valence electrons. The van der Waals surface area contributed by atoms with E-state index in [4.69, 9.17) is 9.47 Å². The highest BCUT2D eigenvalue weighted by Crippen LogP contribution is 2.33. The fourth-order valence-electron chi connectivity index (χ4n) is 3.08. The molecule has 5 heteroatoms. The molecule has 0 fully saturated rings. The van der Waals surface area contributed by atoms with E-state index in [1.807, 2.05) is 48.5 Å². The van der Waals surface area contributed by atoms with Gasteiger partial charge in [-0.05, 0) is 35.1 Å². The number of nitrogens with one attached hydrogen (secondary N) is 1. The number of rotatable bonds is 7. The number of halogens is 1. The zero-order valence-corrected chi connectivity index (χ0v) is 18.6. The highest BCUT2D eigenvalue weighted by atomic mass is 79.9. The summed E-state index contributed by atoms with van der Waals surface area (Å²) in [5.74, 6) is 1.37. The van der Waals surface area contributed by atoms with Crippen molar-refractivity contribution < 1.29 is 14.3 Å². The monoisotopic (exact) mass is 455 g/mol. The van der Waals surface area contributed by atoms with Gasteiger partial charge in [-0.2, -0.15) is 0 Å². The number of carbonyl (C=O) groups excluding carboxylic acids is 1. The van der Waals surface area contributed by atoms with Gasteiger partial charge < -0.3 is 14.8 Å². The number of hydrogen-bond acceptors (Lipinski definition) is 3. The Morgan fingerprint density at radius 1 is 0.966 bits per heavy atom. The lowest BCUT2D eigenvalue weighted by Gasteiger charge is -2.23. The summed E-state index contributed by atoms with van der Waals surface area (Å²) in [5.41, 5.74) is 0.973. The maximum Gasteiger partial charge on any atom is 0.258 e. The molecule has 0 saturated heterocycles. The van der Waals surface area contributed by atoms with Crippen molar-refractivity contribution in [1.82, 2.24) is 5.32 Å². The van der Waals surface area contributed by atoms with Gasteiger partial charge in [-0.1, -0.05) is 73.1 Å². The van der Waals surface area contributed by atoms with Crippen LogP contribution in [0.25, 0.3) is 10.8 Å². The molecule has 0 unspecified atom stereocenters. The summed E-state index contributed by atoms with van der Waals surface area (Å²) in [7, 11) is 0. The van der Waals surface area contributed by atoms with E-state index in [9.17, 15) is 4.79 Å². The second-order valence-electron chi connectivity index (χ2n) is 7.85. The third-order valence-corrected chi connectivity index (χ3v) is 5.03. The van der Waals surface area contributed by atoms with Gasteiger partial charge in [-0.25, -0.2) is 0 Å². The van der Waals surface area contributed by atoms with Crippen molar-refractivity contribution in [3.8, 4) is 11.5 Å². The van der Waals surface area contributed by atoms with E-state index < -0.39 is 0 Å². The molecule has 0 aromatic heterocycles. The number of fused-ring (bicyclic) bond motifs is 1. The van der Waals surface area contributed by atoms with Crippen molar-refractivity contribution in [2.75, 3.05) is 19.8 Å². The number of benzene rings is 3. The van der Waals surface area contributed by atoms with Crippen LogP contribution in [0.4, 0.5) is 0 Å². The highest BCUT2D eigenvalue weighted by molar-refractivity contribution is 9.10. The van der Waals surface area contributed by atoms with Gasteiger partial charge in [0.1, 0.15) is 18.1 Å². The number of carbonyl (C=O) groups is 1. The van der Waals surface area contributed by atoms with Crippen molar-refractivity contribution in [2.24, 2.45) is 0 Å². The SMILES string of the molecule is CC(C)(C)c1cc(Br)ccc1OCC(=O)NCCOc1cccc2ccccc12. The summed E-state index contributed by atoms with van der Waals surface area (Å²) in [6.45, 7) is 7.13. The van der Waals surface area contributed by atoms with Crippen LogP contribution < -0.4 is 14.8 Å². The Hall–Kier alpha value is -2.53. The second kappa shape index (κ2) is 9.31. The normalized spacial score (nSPS) is 11.3. The van der Waals surface area contributed by atoms with Crippen LogP contribution in [0.2, 0.25) is 0 Å². The third-order valence-electron chi connectivity index (χ3n) is 4.54. The van der Waals surface area contributed by atoms with Gasteiger partial charge in [0.2, 0.25) is 0 Å². The lowest BCUT2D eigenvalue weighted by Crippen LogP contribution is -2.32. The Bertz CT molecular complexity index is 990. The molecule has 0 atom stereocenters. The smallest absolute Gasteiger partial charge is 0.258 e. The van der Waals surface area contributed by atoms with Crippen molar-refractivity contribution in [3.63, 3.8) is 0 Å². The summed E-state index contributed by atoms with van der Waals surface area (Å²) in [6.07, 6.45) is 0. The summed E-state index contributed by atoms with van der Waals surface area (Å²) in [6, 6.07) is 19.9. The van der Waals surface area contributed by atoms with Gasteiger partial charge in [0.05, 0.1) is 6.54 Å². The molecule has 29 heavy (non-hydrogen) atoms. The Balaban J connectivity index is 1.49. The summed E-state index contributed by atoms with van der Waals surface area (Å²) < 4.78 is 12.6. The summed E-state index contributed by atoms with van der Waals surface area (Å²) >= 11 is 3.50. The van der Waals surface area contributed by atoms with E-state index in [2.05, 4.69) is 54.2 Å². The molecule has 0 aliphatic carbocycles. The fraction of sp³-hybridized carbons (Fsp3) is 0.292. The molecule has 0 aliphatic rings. The van der Waals surface area contributed by atoms with E-state index in [1.165, 1.54) is 0 Å². The molecule has 3 aromatic carbocycles. The van der Waals surface area contributed by atoms with E-state index in [1.54, 1.807) is 0 Å². The first-order valence-corrected chi connectivity index (χ1v) is 10.4. The zero-order chi connectivity index (χ0) is 20.9. The Morgan fingerprint density at radius 3 is 2.52 bits per heavy atom. The third kappa shape index (κ3) is 5.73. The van der Waals surface area contributed by atoms with Crippen LogP contribution in [0.3, 0.4) is 0 Å². The fourth-order valence-corrected chi connectivity index (χ4v) is 3.44. The maximum absolute atomic E-state index is 12.2. The molecular formula is C24H26BrNO3. The minimum Gasteiger partial charge on any atom is -0.491 e. The molecule has 3 aromatic rings. The molecule has 0 aliphatic heterocycles. The van der Waals surface area contributed by atoms with Gasteiger partial charge >= 0.3 is 0 Å². The van der Waals surface area contributed by atoms with Crippen LogP contribution in [-0.4, -0.2) is 25.7 Å². The molecule has 3 rings (SSSR count). The van der Waals surface area contributed by atoms with E-state index in [0.29, 0.717) is 13.2 Å². The molecular weight excluding hydrogens is 430 g/mol. The van der Waals surface area contributed by atoms with Crippen LogP contribution in [0, 0.1) is 0 Å². The molecule has 0 heterocycles. The maximum atomic E-state index is 12.2. The minimum absolute atomic E-state index is 0.0288. The Kier molecular flexibility index (Phi) is 6.80. The average molecular weight is 456 g/mol.